The van der Waals surface area contributed by atoms with Gasteiger partial charge in [-0.1, -0.05) is 18.2 Å². The van der Waals surface area contributed by atoms with Crippen LogP contribution in [0.1, 0.15) is 34.2 Å². The summed E-state index contributed by atoms with van der Waals surface area (Å²) in [5, 5.41) is 4.57. The summed E-state index contributed by atoms with van der Waals surface area (Å²) in [6.07, 6.45) is 7.19. The van der Waals surface area contributed by atoms with Crippen molar-refractivity contribution in [2.24, 2.45) is 0 Å². The topological polar surface area (TPSA) is 41.4 Å². The van der Waals surface area contributed by atoms with Crippen LogP contribution >= 0.6 is 0 Å². The Balaban J connectivity index is 1.38. The summed E-state index contributed by atoms with van der Waals surface area (Å²) in [5.41, 5.74) is 9.48. The molecule has 1 aliphatic rings. The van der Waals surface area contributed by atoms with Crippen molar-refractivity contribution in [3.05, 3.63) is 82.7 Å². The summed E-state index contributed by atoms with van der Waals surface area (Å²) in [6.45, 7) is 10.5. The number of rotatable bonds is 5. The van der Waals surface area contributed by atoms with Gasteiger partial charge in [0.05, 0.1) is 18.4 Å². The summed E-state index contributed by atoms with van der Waals surface area (Å²) in [7, 11) is 1.86. The third-order valence-electron chi connectivity index (χ3n) is 6.61. The zero-order valence-electron chi connectivity index (χ0n) is 19.7. The van der Waals surface area contributed by atoms with Crippen LogP contribution in [0.3, 0.4) is 0 Å². The molecule has 4 rings (SSSR count). The predicted molar refractivity (Wildman–Crippen MR) is 131 cm³/mol. The van der Waals surface area contributed by atoms with Gasteiger partial charge in [-0.2, -0.15) is 5.10 Å². The number of amides is 1. The Hall–Kier alpha value is -3.18. The number of likely N-dealkylation sites (N-methyl/N-ethyl adjacent to an activating group) is 1. The lowest BCUT2D eigenvalue weighted by molar-refractivity contribution is -0.119. The Kier molecular flexibility index (Phi) is 6.28. The van der Waals surface area contributed by atoms with E-state index in [4.69, 9.17) is 0 Å². The molecule has 2 heterocycles. The largest absolute Gasteiger partial charge is 0.314 e. The molecule has 0 radical (unpaired) electrons. The number of aromatic nitrogens is 2. The minimum atomic E-state index is 0.118. The minimum Gasteiger partial charge on any atom is -0.314 e. The smallest absolute Gasteiger partial charge is 0.240 e. The molecule has 0 aliphatic carbocycles. The normalized spacial score (nSPS) is 14.3. The van der Waals surface area contributed by atoms with Gasteiger partial charge in [0, 0.05) is 37.6 Å². The van der Waals surface area contributed by atoms with Gasteiger partial charge in [0.15, 0.2) is 0 Å². The number of hydrogen-bond donors (Lipinski definition) is 0. The van der Waals surface area contributed by atoms with E-state index >= 15 is 0 Å². The first-order valence-electron chi connectivity index (χ1n) is 11.2. The second kappa shape index (κ2) is 9.13. The van der Waals surface area contributed by atoms with E-state index in [1.807, 2.05) is 24.0 Å². The van der Waals surface area contributed by atoms with Crippen LogP contribution in [-0.2, 0) is 4.79 Å². The first kappa shape index (κ1) is 22.0. The van der Waals surface area contributed by atoms with Gasteiger partial charge in [-0.05, 0) is 86.2 Å². The van der Waals surface area contributed by atoms with Crippen LogP contribution in [0.4, 0.5) is 5.69 Å². The lowest BCUT2D eigenvalue weighted by atomic mass is 10.0. The molecule has 0 fully saturated rings. The summed E-state index contributed by atoms with van der Waals surface area (Å²) in [4.78, 5) is 16.8. The molecule has 3 aromatic rings. The van der Waals surface area contributed by atoms with E-state index in [1.165, 1.54) is 27.8 Å². The van der Waals surface area contributed by atoms with Gasteiger partial charge in [0.2, 0.25) is 5.91 Å². The molecule has 32 heavy (non-hydrogen) atoms. The van der Waals surface area contributed by atoms with Crippen LogP contribution in [-0.4, -0.2) is 47.3 Å². The average Bonchev–Trinajstić information content (AvgIpc) is 3.28. The van der Waals surface area contributed by atoms with Gasteiger partial charge >= 0.3 is 0 Å². The summed E-state index contributed by atoms with van der Waals surface area (Å²) in [5.74, 6) is 0.118. The Labute approximate surface area is 191 Å². The highest BCUT2D eigenvalue weighted by Crippen LogP contribution is 2.24. The number of hydrogen-bond acceptors (Lipinski definition) is 3. The van der Waals surface area contributed by atoms with E-state index in [0.717, 1.165) is 36.4 Å². The molecule has 2 aromatic carbocycles. The van der Waals surface area contributed by atoms with E-state index in [0.29, 0.717) is 6.54 Å². The van der Waals surface area contributed by atoms with Gasteiger partial charge in [0.25, 0.3) is 0 Å². The number of carbonyl (C=O) groups excluding carboxylic acids is 1. The zero-order chi connectivity index (χ0) is 22.8. The molecule has 1 aromatic heterocycles. The zero-order valence-corrected chi connectivity index (χ0v) is 19.7. The Morgan fingerprint density at radius 1 is 1.00 bits per heavy atom. The number of aryl methyl sites for hydroxylation is 4. The lowest BCUT2D eigenvalue weighted by Crippen LogP contribution is -2.40. The number of nitrogens with zero attached hydrogens (tertiary/aromatic N) is 4. The van der Waals surface area contributed by atoms with Crippen LogP contribution < -0.4 is 4.90 Å². The minimum absolute atomic E-state index is 0.118. The second-order valence-corrected chi connectivity index (χ2v) is 8.88. The highest BCUT2D eigenvalue weighted by molar-refractivity contribution is 5.94. The molecule has 5 nitrogen and oxygen atoms in total. The van der Waals surface area contributed by atoms with E-state index in [2.05, 4.69) is 80.3 Å². The average molecular weight is 429 g/mol. The first-order valence-corrected chi connectivity index (χ1v) is 11.2. The summed E-state index contributed by atoms with van der Waals surface area (Å²) >= 11 is 0. The summed E-state index contributed by atoms with van der Waals surface area (Å²) < 4.78 is 1.94. The fourth-order valence-corrected chi connectivity index (χ4v) is 3.99. The van der Waals surface area contributed by atoms with E-state index in [1.54, 1.807) is 4.90 Å². The molecule has 0 saturated heterocycles. The highest BCUT2D eigenvalue weighted by Gasteiger charge is 2.19. The van der Waals surface area contributed by atoms with Crippen molar-refractivity contribution in [2.75, 3.05) is 31.6 Å². The molecular weight excluding hydrogens is 396 g/mol. The predicted octanol–water partition coefficient (Wildman–Crippen LogP) is 4.86. The Bertz CT molecular complexity index is 1170. The van der Waals surface area contributed by atoms with Crippen LogP contribution in [0.2, 0.25) is 0 Å². The molecule has 5 heteroatoms. The number of benzene rings is 2. The molecule has 0 saturated carbocycles. The first-order chi connectivity index (χ1) is 15.3. The van der Waals surface area contributed by atoms with E-state index in [9.17, 15) is 4.79 Å². The van der Waals surface area contributed by atoms with Crippen molar-refractivity contribution < 1.29 is 4.79 Å². The van der Waals surface area contributed by atoms with Gasteiger partial charge < -0.3 is 4.90 Å². The van der Waals surface area contributed by atoms with E-state index < -0.39 is 0 Å². The third kappa shape index (κ3) is 4.68. The fraction of sp³-hybridized carbons (Fsp3) is 0.333. The maximum atomic E-state index is 12.8. The second-order valence-electron chi connectivity index (χ2n) is 8.88. The Morgan fingerprint density at radius 3 is 2.38 bits per heavy atom. The Morgan fingerprint density at radius 2 is 1.72 bits per heavy atom. The standard InChI is InChI=1S/C27H32N4O/c1-19-6-8-25(14-21(19)3)29(5)27(32)18-30-12-10-23(11-13-30)24-16-28-31(17-24)26-9-7-20(2)22(4)15-26/h6-10,14-17H,11-13,18H2,1-5H3. The number of anilines is 1. The molecule has 166 valence electrons. The van der Waals surface area contributed by atoms with Crippen molar-refractivity contribution in [3.63, 3.8) is 0 Å². The maximum absolute atomic E-state index is 12.8. The van der Waals surface area contributed by atoms with Gasteiger partial charge in [-0.3, -0.25) is 9.69 Å². The monoisotopic (exact) mass is 428 g/mol. The van der Waals surface area contributed by atoms with Crippen LogP contribution in [0.15, 0.2) is 54.9 Å². The molecule has 1 amide bonds. The van der Waals surface area contributed by atoms with Crippen molar-refractivity contribution in [3.8, 4) is 5.69 Å². The SMILES string of the molecule is Cc1ccc(N(C)C(=O)CN2CC=C(c3cnn(-c4ccc(C)c(C)c4)c3)CC2)cc1C. The lowest BCUT2D eigenvalue weighted by Gasteiger charge is -2.28. The molecular formula is C27H32N4O. The highest BCUT2D eigenvalue weighted by atomic mass is 16.2. The molecule has 0 N–H and O–H groups in total. The van der Waals surface area contributed by atoms with Crippen molar-refractivity contribution in [2.45, 2.75) is 34.1 Å². The van der Waals surface area contributed by atoms with Crippen LogP contribution in [0.5, 0.6) is 0 Å². The molecule has 0 bridgehead atoms. The maximum Gasteiger partial charge on any atom is 0.240 e. The summed E-state index contributed by atoms with van der Waals surface area (Å²) in [6, 6.07) is 12.6. The molecule has 0 spiro atoms. The third-order valence-corrected chi connectivity index (χ3v) is 6.61. The molecule has 0 unspecified atom stereocenters. The number of carbonyl (C=O) groups is 1. The van der Waals surface area contributed by atoms with Crippen molar-refractivity contribution in [1.82, 2.24) is 14.7 Å². The van der Waals surface area contributed by atoms with Crippen molar-refractivity contribution >= 4 is 17.2 Å². The van der Waals surface area contributed by atoms with E-state index in [-0.39, 0.29) is 5.91 Å². The van der Waals surface area contributed by atoms with Crippen LogP contribution in [0.25, 0.3) is 11.3 Å². The molecule has 1 aliphatic heterocycles. The van der Waals surface area contributed by atoms with Gasteiger partial charge in [0.1, 0.15) is 0 Å². The van der Waals surface area contributed by atoms with Gasteiger partial charge in [-0.25, -0.2) is 4.68 Å². The van der Waals surface area contributed by atoms with Crippen molar-refractivity contribution in [1.29, 1.82) is 0 Å². The quantitative estimate of drug-likeness (QED) is 0.583. The van der Waals surface area contributed by atoms with Gasteiger partial charge in [-0.15, -0.1) is 0 Å². The fourth-order valence-electron chi connectivity index (χ4n) is 3.99. The molecule has 0 atom stereocenters. The van der Waals surface area contributed by atoms with Crippen LogP contribution in [0, 0.1) is 27.7 Å².